The SMILES string of the molecule is COc1ccccc1-n1c(CNc2ccc(F)cc2)nnc1SCC(=O)Nc1cccc(C)c1C. The molecule has 2 N–H and O–H groups in total. The number of hydrogen-bond donors (Lipinski definition) is 2. The van der Waals surface area contributed by atoms with Crippen molar-refractivity contribution in [3.63, 3.8) is 0 Å². The maximum Gasteiger partial charge on any atom is 0.234 e. The number of halogens is 1. The van der Waals surface area contributed by atoms with Crippen LogP contribution in [0, 0.1) is 19.7 Å². The molecule has 0 unspecified atom stereocenters. The predicted octanol–water partition coefficient (Wildman–Crippen LogP) is 5.37. The summed E-state index contributed by atoms with van der Waals surface area (Å²) in [7, 11) is 1.60. The van der Waals surface area contributed by atoms with Crippen LogP contribution in [0.15, 0.2) is 71.9 Å². The highest BCUT2D eigenvalue weighted by molar-refractivity contribution is 7.99. The Morgan fingerprint density at radius 3 is 2.57 bits per heavy atom. The summed E-state index contributed by atoms with van der Waals surface area (Å²) in [5.74, 6) is 0.995. The molecule has 0 aliphatic rings. The van der Waals surface area contributed by atoms with E-state index in [1.54, 1.807) is 19.2 Å². The van der Waals surface area contributed by atoms with Crippen LogP contribution >= 0.6 is 11.8 Å². The van der Waals surface area contributed by atoms with Crippen molar-refractivity contribution in [1.29, 1.82) is 0 Å². The molecule has 0 atom stereocenters. The first-order chi connectivity index (χ1) is 17.0. The molecule has 0 saturated heterocycles. The Labute approximate surface area is 207 Å². The number of para-hydroxylation sites is 2. The molecular formula is C26H26FN5O2S. The predicted molar refractivity (Wildman–Crippen MR) is 137 cm³/mol. The van der Waals surface area contributed by atoms with Gasteiger partial charge >= 0.3 is 0 Å². The minimum Gasteiger partial charge on any atom is -0.495 e. The normalized spacial score (nSPS) is 10.7. The molecule has 1 amide bonds. The summed E-state index contributed by atoms with van der Waals surface area (Å²) < 4.78 is 20.7. The molecule has 180 valence electrons. The maximum atomic E-state index is 13.2. The van der Waals surface area contributed by atoms with Gasteiger partial charge in [-0.15, -0.1) is 10.2 Å². The van der Waals surface area contributed by atoms with E-state index >= 15 is 0 Å². The van der Waals surface area contributed by atoms with Gasteiger partial charge in [-0.05, 0) is 67.4 Å². The Bertz CT molecular complexity index is 1320. The van der Waals surface area contributed by atoms with Crippen LogP contribution in [0.4, 0.5) is 15.8 Å². The van der Waals surface area contributed by atoms with Gasteiger partial charge in [0.05, 0.1) is 25.1 Å². The van der Waals surface area contributed by atoms with Crippen molar-refractivity contribution in [1.82, 2.24) is 14.8 Å². The summed E-state index contributed by atoms with van der Waals surface area (Å²) in [6.45, 7) is 4.33. The number of thioether (sulfide) groups is 1. The van der Waals surface area contributed by atoms with Crippen LogP contribution in [-0.4, -0.2) is 33.5 Å². The number of amides is 1. The minimum absolute atomic E-state index is 0.135. The molecule has 0 aliphatic carbocycles. The van der Waals surface area contributed by atoms with Gasteiger partial charge in [0.15, 0.2) is 11.0 Å². The first-order valence-corrected chi connectivity index (χ1v) is 12.0. The maximum absolute atomic E-state index is 13.2. The summed E-state index contributed by atoms with van der Waals surface area (Å²) >= 11 is 1.29. The third-order valence-corrected chi connectivity index (χ3v) is 6.46. The third kappa shape index (κ3) is 5.81. The first-order valence-electron chi connectivity index (χ1n) is 11.0. The van der Waals surface area contributed by atoms with Gasteiger partial charge in [-0.1, -0.05) is 36.0 Å². The number of aromatic nitrogens is 3. The number of methoxy groups -OCH3 is 1. The number of nitrogens with zero attached hydrogens (tertiary/aromatic N) is 3. The molecule has 1 heterocycles. The van der Waals surface area contributed by atoms with Gasteiger partial charge in [-0.3, -0.25) is 9.36 Å². The second-order valence-electron chi connectivity index (χ2n) is 7.85. The number of benzene rings is 3. The van der Waals surface area contributed by atoms with Crippen molar-refractivity contribution in [2.75, 3.05) is 23.5 Å². The fourth-order valence-corrected chi connectivity index (χ4v) is 4.28. The Morgan fingerprint density at radius 2 is 1.80 bits per heavy atom. The Kier molecular flexibility index (Phi) is 7.67. The highest BCUT2D eigenvalue weighted by Crippen LogP contribution is 2.29. The zero-order valence-corrected chi connectivity index (χ0v) is 20.5. The van der Waals surface area contributed by atoms with Gasteiger partial charge < -0.3 is 15.4 Å². The molecule has 0 aliphatic heterocycles. The van der Waals surface area contributed by atoms with Crippen LogP contribution in [0.2, 0.25) is 0 Å². The number of hydrogen-bond acceptors (Lipinski definition) is 6. The number of carbonyl (C=O) groups is 1. The number of carbonyl (C=O) groups excluding carboxylic acids is 1. The molecule has 0 fully saturated rings. The van der Waals surface area contributed by atoms with E-state index in [1.807, 2.05) is 60.9 Å². The van der Waals surface area contributed by atoms with Crippen LogP contribution in [0.1, 0.15) is 17.0 Å². The molecule has 4 rings (SSSR count). The summed E-state index contributed by atoms with van der Waals surface area (Å²) in [6.07, 6.45) is 0. The van der Waals surface area contributed by atoms with E-state index in [0.29, 0.717) is 23.3 Å². The van der Waals surface area contributed by atoms with Crippen molar-refractivity contribution < 1.29 is 13.9 Å². The number of ether oxygens (including phenoxy) is 1. The second kappa shape index (κ2) is 11.1. The lowest BCUT2D eigenvalue weighted by atomic mass is 10.1. The molecule has 0 spiro atoms. The first kappa shape index (κ1) is 24.3. The van der Waals surface area contributed by atoms with E-state index in [1.165, 1.54) is 23.9 Å². The number of anilines is 2. The lowest BCUT2D eigenvalue weighted by Gasteiger charge is -2.14. The zero-order chi connectivity index (χ0) is 24.8. The number of aryl methyl sites for hydroxylation is 1. The van der Waals surface area contributed by atoms with Crippen molar-refractivity contribution in [3.05, 3.63) is 89.5 Å². The zero-order valence-electron chi connectivity index (χ0n) is 19.7. The molecule has 7 nitrogen and oxygen atoms in total. The monoisotopic (exact) mass is 491 g/mol. The van der Waals surface area contributed by atoms with Gasteiger partial charge in [0.2, 0.25) is 5.91 Å². The summed E-state index contributed by atoms with van der Waals surface area (Å²) in [5.41, 5.74) is 4.46. The van der Waals surface area contributed by atoms with E-state index in [9.17, 15) is 9.18 Å². The Morgan fingerprint density at radius 1 is 1.03 bits per heavy atom. The molecule has 35 heavy (non-hydrogen) atoms. The van der Waals surface area contributed by atoms with Gasteiger partial charge in [0.1, 0.15) is 11.6 Å². The summed E-state index contributed by atoms with van der Waals surface area (Å²) in [4.78, 5) is 12.7. The van der Waals surface area contributed by atoms with Crippen LogP contribution in [0.25, 0.3) is 5.69 Å². The van der Waals surface area contributed by atoms with E-state index in [0.717, 1.165) is 28.2 Å². The van der Waals surface area contributed by atoms with Gasteiger partial charge in [-0.25, -0.2) is 4.39 Å². The molecule has 1 aromatic heterocycles. The summed E-state index contributed by atoms with van der Waals surface area (Å²) in [5, 5.41) is 15.5. The Balaban J connectivity index is 1.55. The molecular weight excluding hydrogens is 465 g/mol. The molecule has 3 aromatic carbocycles. The van der Waals surface area contributed by atoms with Crippen molar-refractivity contribution in [3.8, 4) is 11.4 Å². The van der Waals surface area contributed by atoms with Crippen LogP contribution < -0.4 is 15.4 Å². The minimum atomic E-state index is -0.300. The van der Waals surface area contributed by atoms with E-state index in [2.05, 4.69) is 20.8 Å². The average Bonchev–Trinajstić information content (AvgIpc) is 3.27. The number of nitrogens with one attached hydrogen (secondary N) is 2. The third-order valence-electron chi connectivity index (χ3n) is 5.53. The van der Waals surface area contributed by atoms with E-state index in [4.69, 9.17) is 4.74 Å². The topological polar surface area (TPSA) is 81.1 Å². The van der Waals surface area contributed by atoms with E-state index in [-0.39, 0.29) is 17.5 Å². The quantitative estimate of drug-likeness (QED) is 0.306. The van der Waals surface area contributed by atoms with Crippen LogP contribution in [0.3, 0.4) is 0 Å². The molecule has 0 saturated carbocycles. The fourth-order valence-electron chi connectivity index (χ4n) is 3.52. The van der Waals surface area contributed by atoms with Crippen molar-refractivity contribution in [2.24, 2.45) is 0 Å². The molecule has 9 heteroatoms. The van der Waals surface area contributed by atoms with Gasteiger partial charge in [0.25, 0.3) is 0 Å². The van der Waals surface area contributed by atoms with Gasteiger partial charge in [-0.2, -0.15) is 0 Å². The second-order valence-corrected chi connectivity index (χ2v) is 8.79. The smallest absolute Gasteiger partial charge is 0.234 e. The van der Waals surface area contributed by atoms with Crippen molar-refractivity contribution >= 4 is 29.0 Å². The molecule has 0 bridgehead atoms. The Hall–Kier alpha value is -3.85. The number of rotatable bonds is 9. The standard InChI is InChI=1S/C26H26FN5O2S/c1-17-7-6-8-21(18(17)2)29-25(33)16-35-26-31-30-24(15-28-20-13-11-19(27)12-14-20)32(26)22-9-4-5-10-23(22)34-3/h4-14,28H,15-16H2,1-3H3,(H,29,33). The fraction of sp³-hybridized carbons (Fsp3) is 0.192. The van der Waals surface area contributed by atoms with Gasteiger partial charge in [0, 0.05) is 11.4 Å². The molecule has 0 radical (unpaired) electrons. The molecule has 4 aromatic rings. The van der Waals surface area contributed by atoms with Crippen molar-refractivity contribution in [2.45, 2.75) is 25.5 Å². The van der Waals surface area contributed by atoms with E-state index < -0.39 is 0 Å². The highest BCUT2D eigenvalue weighted by atomic mass is 32.2. The van der Waals surface area contributed by atoms with Crippen LogP contribution in [-0.2, 0) is 11.3 Å². The highest BCUT2D eigenvalue weighted by Gasteiger charge is 2.19. The lowest BCUT2D eigenvalue weighted by Crippen LogP contribution is -2.16. The summed E-state index contributed by atoms with van der Waals surface area (Å²) in [6, 6.07) is 19.5. The lowest BCUT2D eigenvalue weighted by molar-refractivity contribution is -0.113. The van der Waals surface area contributed by atoms with Crippen LogP contribution in [0.5, 0.6) is 5.75 Å². The largest absolute Gasteiger partial charge is 0.495 e. The average molecular weight is 492 g/mol.